The van der Waals surface area contributed by atoms with Gasteiger partial charge in [-0.1, -0.05) is 6.92 Å². The first-order valence-electron chi connectivity index (χ1n) is 8.17. The van der Waals surface area contributed by atoms with Crippen LogP contribution in [0.3, 0.4) is 0 Å². The van der Waals surface area contributed by atoms with Gasteiger partial charge in [0.2, 0.25) is 6.41 Å². The Kier molecular flexibility index (Phi) is 4.81. The lowest BCUT2D eigenvalue weighted by Crippen LogP contribution is -2.23. The molecule has 1 aromatic rings. The summed E-state index contributed by atoms with van der Waals surface area (Å²) in [6.45, 7) is 5.60. The maximum atomic E-state index is 11.0. The van der Waals surface area contributed by atoms with Crippen molar-refractivity contribution in [2.24, 2.45) is 10.9 Å². The highest BCUT2D eigenvalue weighted by Crippen LogP contribution is 2.36. The van der Waals surface area contributed by atoms with E-state index in [1.165, 1.54) is 0 Å². The van der Waals surface area contributed by atoms with Gasteiger partial charge in [0, 0.05) is 37.2 Å². The number of ether oxygens (including phenoxy) is 1. The SMILES string of the molecule is CC1CCN(c2c(NC=O)ccc(N)c2C=NC2CCOC2)C1. The number of anilines is 3. The van der Waals surface area contributed by atoms with Crippen molar-refractivity contribution >= 4 is 29.7 Å². The summed E-state index contributed by atoms with van der Waals surface area (Å²) in [5, 5.41) is 2.80. The van der Waals surface area contributed by atoms with Crippen LogP contribution in [0.4, 0.5) is 17.1 Å². The Labute approximate surface area is 136 Å². The van der Waals surface area contributed by atoms with E-state index in [9.17, 15) is 4.79 Å². The number of carbonyl (C=O) groups excluding carboxylic acids is 1. The second-order valence-electron chi connectivity index (χ2n) is 6.36. The molecule has 2 saturated heterocycles. The van der Waals surface area contributed by atoms with E-state index < -0.39 is 0 Å². The Morgan fingerprint density at radius 1 is 1.43 bits per heavy atom. The predicted molar refractivity (Wildman–Crippen MR) is 93.4 cm³/mol. The molecule has 0 saturated carbocycles. The lowest BCUT2D eigenvalue weighted by Gasteiger charge is -2.24. The number of nitrogens with one attached hydrogen (secondary N) is 1. The van der Waals surface area contributed by atoms with Crippen molar-refractivity contribution in [3.8, 4) is 0 Å². The first-order chi connectivity index (χ1) is 11.2. The zero-order valence-electron chi connectivity index (χ0n) is 13.5. The van der Waals surface area contributed by atoms with Gasteiger partial charge in [0.05, 0.1) is 24.0 Å². The van der Waals surface area contributed by atoms with E-state index in [4.69, 9.17) is 10.5 Å². The van der Waals surface area contributed by atoms with Crippen molar-refractivity contribution in [2.45, 2.75) is 25.8 Å². The number of amides is 1. The summed E-state index contributed by atoms with van der Waals surface area (Å²) in [4.78, 5) is 17.9. The maximum absolute atomic E-state index is 11.0. The van der Waals surface area contributed by atoms with Gasteiger partial charge in [-0.05, 0) is 30.9 Å². The first kappa shape index (κ1) is 15.8. The van der Waals surface area contributed by atoms with Crippen molar-refractivity contribution in [3.05, 3.63) is 17.7 Å². The van der Waals surface area contributed by atoms with Gasteiger partial charge in [-0.2, -0.15) is 0 Å². The highest BCUT2D eigenvalue weighted by atomic mass is 16.5. The third kappa shape index (κ3) is 3.47. The summed E-state index contributed by atoms with van der Waals surface area (Å²) >= 11 is 0. The molecule has 0 aliphatic carbocycles. The van der Waals surface area contributed by atoms with E-state index in [1.54, 1.807) is 0 Å². The van der Waals surface area contributed by atoms with Gasteiger partial charge in [0.15, 0.2) is 0 Å². The smallest absolute Gasteiger partial charge is 0.211 e. The molecule has 1 aromatic carbocycles. The van der Waals surface area contributed by atoms with E-state index in [2.05, 4.69) is 22.1 Å². The molecule has 6 heteroatoms. The fourth-order valence-electron chi connectivity index (χ4n) is 3.24. The normalized spacial score (nSPS) is 24.5. The molecular formula is C17H24N4O2. The Hall–Kier alpha value is -2.08. The monoisotopic (exact) mass is 316 g/mol. The Bertz CT molecular complexity index is 597. The molecule has 2 atom stereocenters. The molecule has 2 aliphatic rings. The van der Waals surface area contributed by atoms with E-state index in [0.29, 0.717) is 24.6 Å². The van der Waals surface area contributed by atoms with Gasteiger partial charge >= 0.3 is 0 Å². The van der Waals surface area contributed by atoms with Crippen LogP contribution in [-0.4, -0.2) is 45.0 Å². The van der Waals surface area contributed by atoms with Gasteiger partial charge in [-0.15, -0.1) is 0 Å². The molecule has 0 radical (unpaired) electrons. The number of carbonyl (C=O) groups is 1. The number of hydrogen-bond acceptors (Lipinski definition) is 5. The molecule has 2 unspecified atom stereocenters. The van der Waals surface area contributed by atoms with Crippen molar-refractivity contribution in [1.29, 1.82) is 0 Å². The zero-order valence-corrected chi connectivity index (χ0v) is 13.5. The van der Waals surface area contributed by atoms with Crippen LogP contribution in [0.15, 0.2) is 17.1 Å². The molecule has 2 heterocycles. The number of benzene rings is 1. The quantitative estimate of drug-likeness (QED) is 0.494. The van der Waals surface area contributed by atoms with Crippen LogP contribution in [0.2, 0.25) is 0 Å². The molecule has 23 heavy (non-hydrogen) atoms. The zero-order chi connectivity index (χ0) is 16.2. The van der Waals surface area contributed by atoms with Crippen LogP contribution >= 0.6 is 0 Å². The number of nitrogens with two attached hydrogens (primary N) is 1. The van der Waals surface area contributed by atoms with E-state index >= 15 is 0 Å². The van der Waals surface area contributed by atoms with Crippen LogP contribution in [0.25, 0.3) is 0 Å². The van der Waals surface area contributed by atoms with E-state index in [-0.39, 0.29) is 6.04 Å². The van der Waals surface area contributed by atoms with Crippen molar-refractivity contribution in [1.82, 2.24) is 0 Å². The van der Waals surface area contributed by atoms with Crippen molar-refractivity contribution in [2.75, 3.05) is 42.3 Å². The van der Waals surface area contributed by atoms with Crippen LogP contribution in [0.5, 0.6) is 0 Å². The Morgan fingerprint density at radius 3 is 2.96 bits per heavy atom. The number of nitrogen functional groups attached to an aromatic ring is 1. The average molecular weight is 316 g/mol. The summed E-state index contributed by atoms with van der Waals surface area (Å²) in [5.74, 6) is 0.633. The molecule has 0 aromatic heterocycles. The fourth-order valence-corrected chi connectivity index (χ4v) is 3.24. The average Bonchev–Trinajstić information content (AvgIpc) is 3.19. The Balaban J connectivity index is 1.97. The van der Waals surface area contributed by atoms with Crippen LogP contribution in [0, 0.1) is 5.92 Å². The molecule has 0 spiro atoms. The fraction of sp³-hybridized carbons (Fsp3) is 0.529. The minimum absolute atomic E-state index is 0.197. The minimum Gasteiger partial charge on any atom is -0.398 e. The second kappa shape index (κ2) is 7.00. The number of hydrogen-bond donors (Lipinski definition) is 2. The van der Waals surface area contributed by atoms with E-state index in [1.807, 2.05) is 18.3 Å². The van der Waals surface area contributed by atoms with Crippen LogP contribution < -0.4 is 16.0 Å². The molecule has 1 amide bonds. The van der Waals surface area contributed by atoms with Gasteiger partial charge in [0.1, 0.15) is 0 Å². The third-order valence-electron chi connectivity index (χ3n) is 4.53. The van der Waals surface area contributed by atoms with Gasteiger partial charge in [-0.25, -0.2) is 0 Å². The Morgan fingerprint density at radius 2 is 2.30 bits per heavy atom. The molecule has 3 rings (SSSR count). The lowest BCUT2D eigenvalue weighted by atomic mass is 10.1. The van der Waals surface area contributed by atoms with Crippen LogP contribution in [-0.2, 0) is 9.53 Å². The lowest BCUT2D eigenvalue weighted by molar-refractivity contribution is -0.105. The van der Waals surface area contributed by atoms with Gasteiger partial charge in [-0.3, -0.25) is 9.79 Å². The highest BCUT2D eigenvalue weighted by molar-refractivity contribution is 6.00. The highest BCUT2D eigenvalue weighted by Gasteiger charge is 2.24. The van der Waals surface area contributed by atoms with Crippen molar-refractivity contribution < 1.29 is 9.53 Å². The second-order valence-corrected chi connectivity index (χ2v) is 6.36. The molecular weight excluding hydrogens is 292 g/mol. The predicted octanol–water partition coefficient (Wildman–Crippen LogP) is 1.89. The topological polar surface area (TPSA) is 80.0 Å². The molecule has 6 nitrogen and oxygen atoms in total. The van der Waals surface area contributed by atoms with Gasteiger partial charge < -0.3 is 20.7 Å². The number of nitrogens with zero attached hydrogens (tertiary/aromatic N) is 2. The number of rotatable bonds is 5. The molecule has 124 valence electrons. The van der Waals surface area contributed by atoms with Gasteiger partial charge in [0.25, 0.3) is 0 Å². The summed E-state index contributed by atoms with van der Waals surface area (Å²) < 4.78 is 5.37. The maximum Gasteiger partial charge on any atom is 0.211 e. The molecule has 2 aliphatic heterocycles. The first-order valence-corrected chi connectivity index (χ1v) is 8.17. The van der Waals surface area contributed by atoms with E-state index in [0.717, 1.165) is 49.5 Å². The summed E-state index contributed by atoms with van der Waals surface area (Å²) in [6.07, 6.45) is 4.64. The molecule has 3 N–H and O–H groups in total. The molecule has 2 fully saturated rings. The molecule has 0 bridgehead atoms. The summed E-state index contributed by atoms with van der Waals surface area (Å²) in [5.41, 5.74) is 9.54. The summed E-state index contributed by atoms with van der Waals surface area (Å²) in [7, 11) is 0. The largest absolute Gasteiger partial charge is 0.398 e. The third-order valence-corrected chi connectivity index (χ3v) is 4.53. The standard InChI is InChI=1S/C17H24N4O2/c1-12-4-6-21(9-12)17-14(8-19-13-5-7-23-10-13)15(18)2-3-16(17)20-11-22/h2-3,8,11-13H,4-7,9-10,18H2,1H3,(H,20,22). The minimum atomic E-state index is 0.197. The van der Waals surface area contributed by atoms with Crippen LogP contribution in [0.1, 0.15) is 25.3 Å². The number of aliphatic imine (C=N–C) groups is 1. The summed E-state index contributed by atoms with van der Waals surface area (Å²) in [6, 6.07) is 3.88. The van der Waals surface area contributed by atoms with Crippen molar-refractivity contribution in [3.63, 3.8) is 0 Å².